The number of aryl methyl sites for hydroxylation is 1. The highest BCUT2D eigenvalue weighted by Crippen LogP contribution is 2.26. The number of nitrogens with zero attached hydrogens (tertiary/aromatic N) is 3. The van der Waals surface area contributed by atoms with Gasteiger partial charge < -0.3 is 15.1 Å². The Balaban J connectivity index is 1.16. The first kappa shape index (κ1) is 22.3. The van der Waals surface area contributed by atoms with Gasteiger partial charge in [-0.05, 0) is 55.6 Å². The SMILES string of the molecule is CCc1ccc(N2CC[C@@H](C(=O)NCCCN3CCN(c4ccccc4)CC3)C2=O)cc1. The molecule has 6 nitrogen and oxygen atoms in total. The molecule has 0 spiro atoms. The molecule has 0 unspecified atom stereocenters. The molecule has 4 rings (SSSR count). The number of para-hydroxylation sites is 1. The number of hydrogen-bond acceptors (Lipinski definition) is 4. The van der Waals surface area contributed by atoms with E-state index in [9.17, 15) is 9.59 Å². The summed E-state index contributed by atoms with van der Waals surface area (Å²) >= 11 is 0. The number of carbonyl (C=O) groups is 2. The van der Waals surface area contributed by atoms with Crippen molar-refractivity contribution in [3.05, 3.63) is 60.2 Å². The Morgan fingerprint density at radius 1 is 0.938 bits per heavy atom. The first-order valence-corrected chi connectivity index (χ1v) is 11.9. The van der Waals surface area contributed by atoms with Crippen LogP contribution in [0.2, 0.25) is 0 Å². The zero-order valence-corrected chi connectivity index (χ0v) is 19.0. The number of nitrogens with one attached hydrogen (secondary N) is 1. The molecule has 170 valence electrons. The average Bonchev–Trinajstić information content (AvgIpc) is 3.24. The van der Waals surface area contributed by atoms with E-state index in [2.05, 4.69) is 58.4 Å². The zero-order valence-electron chi connectivity index (χ0n) is 19.0. The fourth-order valence-corrected chi connectivity index (χ4v) is 4.60. The minimum atomic E-state index is -0.560. The van der Waals surface area contributed by atoms with E-state index in [-0.39, 0.29) is 11.8 Å². The van der Waals surface area contributed by atoms with E-state index in [1.807, 2.05) is 18.2 Å². The maximum atomic E-state index is 12.8. The highest BCUT2D eigenvalue weighted by Gasteiger charge is 2.37. The average molecular weight is 435 g/mol. The lowest BCUT2D eigenvalue weighted by Gasteiger charge is -2.36. The zero-order chi connectivity index (χ0) is 22.3. The molecule has 2 fully saturated rings. The van der Waals surface area contributed by atoms with E-state index in [0.29, 0.717) is 19.5 Å². The number of amides is 2. The van der Waals surface area contributed by atoms with Crippen LogP contribution in [0.3, 0.4) is 0 Å². The van der Waals surface area contributed by atoms with Gasteiger partial charge in [-0.3, -0.25) is 14.5 Å². The van der Waals surface area contributed by atoms with Crippen LogP contribution in [-0.4, -0.2) is 62.5 Å². The van der Waals surface area contributed by atoms with Gasteiger partial charge in [0.1, 0.15) is 5.92 Å². The third kappa shape index (κ3) is 5.30. The van der Waals surface area contributed by atoms with Crippen molar-refractivity contribution in [1.29, 1.82) is 0 Å². The van der Waals surface area contributed by atoms with E-state index >= 15 is 0 Å². The van der Waals surface area contributed by atoms with Crippen molar-refractivity contribution >= 4 is 23.2 Å². The number of rotatable bonds is 8. The lowest BCUT2D eigenvalue weighted by atomic mass is 10.1. The van der Waals surface area contributed by atoms with Gasteiger partial charge in [0, 0.05) is 50.6 Å². The van der Waals surface area contributed by atoms with E-state index < -0.39 is 5.92 Å². The quantitative estimate of drug-likeness (QED) is 0.513. The van der Waals surface area contributed by atoms with Gasteiger partial charge in [-0.25, -0.2) is 0 Å². The minimum absolute atomic E-state index is 0.0798. The summed E-state index contributed by atoms with van der Waals surface area (Å²) in [5.74, 6) is -0.768. The monoisotopic (exact) mass is 434 g/mol. The third-order valence-corrected chi connectivity index (χ3v) is 6.62. The number of carbonyl (C=O) groups excluding carboxylic acids is 2. The molecular weight excluding hydrogens is 400 g/mol. The van der Waals surface area contributed by atoms with E-state index in [1.54, 1.807) is 4.90 Å². The smallest absolute Gasteiger partial charge is 0.239 e. The van der Waals surface area contributed by atoms with Gasteiger partial charge in [0.2, 0.25) is 11.8 Å². The van der Waals surface area contributed by atoms with Gasteiger partial charge in [0.05, 0.1) is 0 Å². The van der Waals surface area contributed by atoms with Crippen LogP contribution in [0.5, 0.6) is 0 Å². The van der Waals surface area contributed by atoms with Crippen LogP contribution >= 0.6 is 0 Å². The molecule has 2 aromatic carbocycles. The number of piperazine rings is 1. The molecule has 1 atom stereocenters. The molecule has 2 aliphatic heterocycles. The van der Waals surface area contributed by atoms with Gasteiger partial charge in [-0.2, -0.15) is 0 Å². The summed E-state index contributed by atoms with van der Waals surface area (Å²) < 4.78 is 0. The van der Waals surface area contributed by atoms with Gasteiger partial charge >= 0.3 is 0 Å². The summed E-state index contributed by atoms with van der Waals surface area (Å²) in [4.78, 5) is 32.0. The molecule has 0 radical (unpaired) electrons. The lowest BCUT2D eigenvalue weighted by molar-refractivity contribution is -0.132. The fourth-order valence-electron chi connectivity index (χ4n) is 4.60. The minimum Gasteiger partial charge on any atom is -0.369 e. The number of hydrogen-bond donors (Lipinski definition) is 1. The van der Waals surface area contributed by atoms with E-state index in [0.717, 1.165) is 51.3 Å². The van der Waals surface area contributed by atoms with Crippen LogP contribution in [0.15, 0.2) is 54.6 Å². The Kier molecular flexibility index (Phi) is 7.43. The van der Waals surface area contributed by atoms with Crippen molar-refractivity contribution in [3.8, 4) is 0 Å². The Morgan fingerprint density at radius 3 is 2.34 bits per heavy atom. The number of anilines is 2. The third-order valence-electron chi connectivity index (χ3n) is 6.62. The molecule has 0 bridgehead atoms. The highest BCUT2D eigenvalue weighted by molar-refractivity contribution is 6.09. The van der Waals surface area contributed by atoms with Crippen LogP contribution < -0.4 is 15.1 Å². The van der Waals surface area contributed by atoms with E-state index in [4.69, 9.17) is 0 Å². The molecule has 2 aliphatic rings. The molecule has 2 heterocycles. The van der Waals surface area contributed by atoms with Gasteiger partial charge in [-0.1, -0.05) is 37.3 Å². The summed E-state index contributed by atoms with van der Waals surface area (Å²) in [5.41, 5.74) is 3.42. The van der Waals surface area contributed by atoms with Crippen LogP contribution in [-0.2, 0) is 16.0 Å². The predicted molar refractivity (Wildman–Crippen MR) is 129 cm³/mol. The first-order valence-electron chi connectivity index (χ1n) is 11.9. The maximum absolute atomic E-state index is 12.8. The Morgan fingerprint density at radius 2 is 1.66 bits per heavy atom. The molecule has 2 saturated heterocycles. The van der Waals surface area contributed by atoms with Gasteiger partial charge in [-0.15, -0.1) is 0 Å². The normalized spacial score (nSPS) is 19.4. The maximum Gasteiger partial charge on any atom is 0.239 e. The second-order valence-corrected chi connectivity index (χ2v) is 8.66. The highest BCUT2D eigenvalue weighted by atomic mass is 16.2. The second kappa shape index (κ2) is 10.6. The van der Waals surface area contributed by atoms with Crippen LogP contribution in [0, 0.1) is 5.92 Å². The lowest BCUT2D eigenvalue weighted by Crippen LogP contribution is -2.47. The topological polar surface area (TPSA) is 55.9 Å². The predicted octanol–water partition coefficient (Wildman–Crippen LogP) is 2.93. The van der Waals surface area contributed by atoms with Crippen LogP contribution in [0.4, 0.5) is 11.4 Å². The molecule has 0 aromatic heterocycles. The van der Waals surface area contributed by atoms with Crippen molar-refractivity contribution in [3.63, 3.8) is 0 Å². The summed E-state index contributed by atoms with van der Waals surface area (Å²) in [6, 6.07) is 18.6. The van der Waals surface area contributed by atoms with Crippen molar-refractivity contribution in [2.45, 2.75) is 26.2 Å². The Bertz CT molecular complexity index is 892. The molecular formula is C26H34N4O2. The fraction of sp³-hybridized carbons (Fsp3) is 0.462. The summed E-state index contributed by atoms with van der Waals surface area (Å²) in [6.45, 7) is 8.44. The molecule has 2 amide bonds. The van der Waals surface area contributed by atoms with Crippen molar-refractivity contribution in [2.75, 3.05) is 55.6 Å². The standard InChI is InChI=1S/C26H34N4O2/c1-2-21-9-11-23(12-10-21)30-16-13-24(26(30)32)25(31)27-14-6-15-28-17-19-29(20-18-28)22-7-4-3-5-8-22/h3-5,7-12,24H,2,6,13-20H2,1H3,(H,27,31)/t24-/m0/s1. The van der Waals surface area contributed by atoms with E-state index in [1.165, 1.54) is 11.3 Å². The van der Waals surface area contributed by atoms with Crippen LogP contribution in [0.1, 0.15) is 25.3 Å². The van der Waals surface area contributed by atoms with Gasteiger partial charge in [0.15, 0.2) is 0 Å². The van der Waals surface area contributed by atoms with Crippen molar-refractivity contribution < 1.29 is 9.59 Å². The van der Waals surface area contributed by atoms with Crippen molar-refractivity contribution in [2.24, 2.45) is 5.92 Å². The summed E-state index contributed by atoms with van der Waals surface area (Å²) in [7, 11) is 0. The molecule has 0 saturated carbocycles. The Hall–Kier alpha value is -2.86. The largest absolute Gasteiger partial charge is 0.369 e. The second-order valence-electron chi connectivity index (χ2n) is 8.66. The molecule has 1 N–H and O–H groups in total. The summed E-state index contributed by atoms with van der Waals surface area (Å²) in [6.07, 6.45) is 2.46. The van der Waals surface area contributed by atoms with Crippen molar-refractivity contribution in [1.82, 2.24) is 10.2 Å². The molecule has 2 aromatic rings. The molecule has 32 heavy (non-hydrogen) atoms. The molecule has 0 aliphatic carbocycles. The Labute approximate surface area is 191 Å². The number of benzene rings is 2. The van der Waals surface area contributed by atoms with Crippen LogP contribution in [0.25, 0.3) is 0 Å². The first-order chi connectivity index (χ1) is 15.7. The van der Waals surface area contributed by atoms with Gasteiger partial charge in [0.25, 0.3) is 0 Å². The summed E-state index contributed by atoms with van der Waals surface area (Å²) in [5, 5.41) is 3.00. The molecule has 6 heteroatoms.